The molecule has 21 heavy (non-hydrogen) atoms. The molecule has 2 unspecified atom stereocenters. The number of hydrogen-bond donors (Lipinski definition) is 1. The average molecular weight is 292 g/mol. The molecule has 0 aromatic carbocycles. The minimum absolute atomic E-state index is 0.238. The Kier molecular flexibility index (Phi) is 5.29. The standard InChI is InChI=1S/C17H32N4/c1-5-9-19-17(13-18)8-6-7-15(12-17)21-11-10-20(4)16(2,3)14-21/h15,19H,5-12,14H2,1-4H3. The van der Waals surface area contributed by atoms with Gasteiger partial charge in [-0.1, -0.05) is 6.92 Å². The van der Waals surface area contributed by atoms with Gasteiger partial charge in [0.1, 0.15) is 5.54 Å². The van der Waals surface area contributed by atoms with Gasteiger partial charge in [-0.25, -0.2) is 0 Å². The fourth-order valence-electron chi connectivity index (χ4n) is 3.81. The Labute approximate surface area is 130 Å². The van der Waals surface area contributed by atoms with Gasteiger partial charge in [-0.2, -0.15) is 5.26 Å². The number of nitriles is 1. The SMILES string of the molecule is CCCNC1(C#N)CCCC(N2CCN(C)C(C)(C)C2)C1. The van der Waals surface area contributed by atoms with Crippen molar-refractivity contribution in [3.8, 4) is 6.07 Å². The molecular formula is C17H32N4. The number of nitrogens with zero attached hydrogens (tertiary/aromatic N) is 3. The summed E-state index contributed by atoms with van der Waals surface area (Å²) in [5.74, 6) is 0. The molecule has 1 heterocycles. The Morgan fingerprint density at radius 2 is 2.10 bits per heavy atom. The maximum Gasteiger partial charge on any atom is 0.108 e. The van der Waals surface area contributed by atoms with Gasteiger partial charge in [0.2, 0.25) is 0 Å². The van der Waals surface area contributed by atoms with E-state index in [0.717, 1.165) is 45.4 Å². The topological polar surface area (TPSA) is 42.3 Å². The molecule has 1 aliphatic heterocycles. The van der Waals surface area contributed by atoms with Crippen molar-refractivity contribution in [2.75, 3.05) is 33.2 Å². The third-order valence-electron chi connectivity index (χ3n) is 5.51. The molecule has 2 aliphatic rings. The van der Waals surface area contributed by atoms with Gasteiger partial charge in [0.05, 0.1) is 6.07 Å². The van der Waals surface area contributed by atoms with Gasteiger partial charge in [-0.3, -0.25) is 15.1 Å². The Bertz CT molecular complexity index is 387. The monoisotopic (exact) mass is 292 g/mol. The summed E-state index contributed by atoms with van der Waals surface area (Å²) in [7, 11) is 2.22. The largest absolute Gasteiger partial charge is 0.299 e. The molecule has 4 heteroatoms. The van der Waals surface area contributed by atoms with Crippen LogP contribution < -0.4 is 5.32 Å². The number of rotatable bonds is 4. The highest BCUT2D eigenvalue weighted by molar-refractivity contribution is 5.11. The molecule has 0 radical (unpaired) electrons. The molecular weight excluding hydrogens is 260 g/mol. The first-order chi connectivity index (χ1) is 9.92. The minimum Gasteiger partial charge on any atom is -0.299 e. The molecule has 2 rings (SSSR count). The van der Waals surface area contributed by atoms with Crippen LogP contribution in [0.3, 0.4) is 0 Å². The number of hydrogen-bond acceptors (Lipinski definition) is 4. The van der Waals surface area contributed by atoms with Crippen LogP contribution in [0.1, 0.15) is 52.9 Å². The van der Waals surface area contributed by atoms with Gasteiger partial charge in [-0.15, -0.1) is 0 Å². The van der Waals surface area contributed by atoms with Gasteiger partial charge in [0, 0.05) is 31.2 Å². The summed E-state index contributed by atoms with van der Waals surface area (Å²) in [6, 6.07) is 3.17. The molecule has 1 aliphatic carbocycles. The second-order valence-electron chi connectivity index (χ2n) is 7.58. The lowest BCUT2D eigenvalue weighted by atomic mass is 9.78. The average Bonchev–Trinajstić information content (AvgIpc) is 2.48. The maximum atomic E-state index is 9.69. The van der Waals surface area contributed by atoms with Crippen LogP contribution in [0.15, 0.2) is 0 Å². The molecule has 0 spiro atoms. The molecule has 120 valence electrons. The van der Waals surface area contributed by atoms with Crippen LogP contribution in [-0.4, -0.2) is 60.1 Å². The zero-order valence-electron chi connectivity index (χ0n) is 14.3. The summed E-state index contributed by atoms with van der Waals surface area (Å²) < 4.78 is 0. The Morgan fingerprint density at radius 3 is 2.71 bits per heavy atom. The molecule has 2 fully saturated rings. The predicted molar refractivity (Wildman–Crippen MR) is 87.2 cm³/mol. The van der Waals surface area contributed by atoms with Crippen molar-refractivity contribution in [1.29, 1.82) is 5.26 Å². The van der Waals surface area contributed by atoms with Crippen LogP contribution in [0, 0.1) is 11.3 Å². The van der Waals surface area contributed by atoms with Crippen molar-refractivity contribution in [3.63, 3.8) is 0 Å². The van der Waals surface area contributed by atoms with Gasteiger partial charge >= 0.3 is 0 Å². The van der Waals surface area contributed by atoms with Crippen LogP contribution in [0.4, 0.5) is 0 Å². The van der Waals surface area contributed by atoms with Crippen molar-refractivity contribution < 1.29 is 0 Å². The molecule has 2 atom stereocenters. The second kappa shape index (κ2) is 6.64. The summed E-state index contributed by atoms with van der Waals surface area (Å²) in [5.41, 5.74) is -0.0474. The van der Waals surface area contributed by atoms with Gasteiger partial charge < -0.3 is 0 Å². The highest BCUT2D eigenvalue weighted by Crippen LogP contribution is 2.33. The molecule has 0 aromatic rings. The first kappa shape index (κ1) is 16.7. The zero-order chi connectivity index (χ0) is 15.5. The van der Waals surface area contributed by atoms with E-state index in [9.17, 15) is 5.26 Å². The zero-order valence-corrected chi connectivity index (χ0v) is 14.3. The first-order valence-corrected chi connectivity index (χ1v) is 8.54. The summed E-state index contributed by atoms with van der Waals surface area (Å²) >= 11 is 0. The number of piperazine rings is 1. The third-order valence-corrected chi connectivity index (χ3v) is 5.51. The van der Waals surface area contributed by atoms with E-state index in [2.05, 4.69) is 49.0 Å². The van der Waals surface area contributed by atoms with Crippen LogP contribution >= 0.6 is 0 Å². The van der Waals surface area contributed by atoms with Crippen molar-refractivity contribution >= 4 is 0 Å². The maximum absolute atomic E-state index is 9.69. The van der Waals surface area contributed by atoms with Gasteiger partial charge in [-0.05, 0) is 59.5 Å². The predicted octanol–water partition coefficient (Wildman–Crippen LogP) is 2.22. The molecule has 0 aromatic heterocycles. The van der Waals surface area contributed by atoms with E-state index in [-0.39, 0.29) is 11.1 Å². The quantitative estimate of drug-likeness (QED) is 0.863. The van der Waals surface area contributed by atoms with E-state index in [0.29, 0.717) is 6.04 Å². The second-order valence-corrected chi connectivity index (χ2v) is 7.58. The summed E-state index contributed by atoms with van der Waals surface area (Å²) in [6.07, 6.45) is 5.51. The molecule has 4 nitrogen and oxygen atoms in total. The normalized spacial score (nSPS) is 34.5. The van der Waals surface area contributed by atoms with Crippen LogP contribution in [-0.2, 0) is 0 Å². The van der Waals surface area contributed by atoms with Crippen LogP contribution in [0.5, 0.6) is 0 Å². The summed E-state index contributed by atoms with van der Waals surface area (Å²) in [4.78, 5) is 5.10. The van der Waals surface area contributed by atoms with Crippen LogP contribution in [0.25, 0.3) is 0 Å². The van der Waals surface area contributed by atoms with Gasteiger partial charge in [0.15, 0.2) is 0 Å². The van der Waals surface area contributed by atoms with Crippen molar-refractivity contribution in [1.82, 2.24) is 15.1 Å². The van der Waals surface area contributed by atoms with E-state index < -0.39 is 0 Å². The highest BCUT2D eigenvalue weighted by Gasteiger charge is 2.41. The smallest absolute Gasteiger partial charge is 0.108 e. The molecule has 1 saturated carbocycles. The lowest BCUT2D eigenvalue weighted by Crippen LogP contribution is -2.62. The number of nitrogens with one attached hydrogen (secondary N) is 1. The summed E-state index contributed by atoms with van der Waals surface area (Å²) in [6.45, 7) is 11.2. The van der Waals surface area contributed by atoms with Crippen molar-refractivity contribution in [3.05, 3.63) is 0 Å². The molecule has 1 N–H and O–H groups in total. The lowest BCUT2D eigenvalue weighted by Gasteiger charge is -2.50. The highest BCUT2D eigenvalue weighted by atomic mass is 15.3. The molecule has 0 bridgehead atoms. The number of likely N-dealkylation sites (N-methyl/N-ethyl adjacent to an activating group) is 1. The van der Waals surface area contributed by atoms with E-state index in [1.807, 2.05) is 0 Å². The third kappa shape index (κ3) is 3.77. The Balaban J connectivity index is 2.02. The van der Waals surface area contributed by atoms with E-state index >= 15 is 0 Å². The minimum atomic E-state index is -0.285. The fourth-order valence-corrected chi connectivity index (χ4v) is 3.81. The Morgan fingerprint density at radius 1 is 1.33 bits per heavy atom. The Hall–Kier alpha value is -0.630. The molecule has 0 amide bonds. The van der Waals surface area contributed by atoms with E-state index in [4.69, 9.17) is 0 Å². The lowest BCUT2D eigenvalue weighted by molar-refractivity contribution is 0.000306. The van der Waals surface area contributed by atoms with Gasteiger partial charge in [0.25, 0.3) is 0 Å². The molecule has 1 saturated heterocycles. The van der Waals surface area contributed by atoms with Crippen molar-refractivity contribution in [2.24, 2.45) is 0 Å². The van der Waals surface area contributed by atoms with E-state index in [1.165, 1.54) is 12.8 Å². The fraction of sp³-hybridized carbons (Fsp3) is 0.941. The van der Waals surface area contributed by atoms with Crippen molar-refractivity contribution in [2.45, 2.75) is 70.0 Å². The van der Waals surface area contributed by atoms with Crippen LogP contribution in [0.2, 0.25) is 0 Å². The first-order valence-electron chi connectivity index (χ1n) is 8.54. The summed E-state index contributed by atoms with van der Waals surface area (Å²) in [5, 5.41) is 13.2. The van der Waals surface area contributed by atoms with E-state index in [1.54, 1.807) is 0 Å².